The van der Waals surface area contributed by atoms with E-state index >= 15 is 0 Å². The van der Waals surface area contributed by atoms with Crippen molar-refractivity contribution < 1.29 is 9.18 Å². The van der Waals surface area contributed by atoms with Crippen molar-refractivity contribution in [1.82, 2.24) is 9.88 Å². The molecule has 0 atom stereocenters. The van der Waals surface area contributed by atoms with Crippen molar-refractivity contribution in [2.24, 2.45) is 5.92 Å². The van der Waals surface area contributed by atoms with E-state index in [1.807, 2.05) is 35.2 Å². The average molecular weight is 364 g/mol. The van der Waals surface area contributed by atoms with Crippen molar-refractivity contribution in [1.29, 1.82) is 0 Å². The van der Waals surface area contributed by atoms with Crippen LogP contribution >= 0.6 is 0 Å². The number of likely N-dealkylation sites (tertiary alicyclic amines) is 1. The molecule has 1 fully saturated rings. The summed E-state index contributed by atoms with van der Waals surface area (Å²) in [6.45, 7) is 3.95. The lowest BCUT2D eigenvalue weighted by molar-refractivity contribution is -0.132. The molecule has 2 aromatic carbocycles. The number of hydrogen-bond acceptors (Lipinski definition) is 1. The van der Waals surface area contributed by atoms with Gasteiger partial charge in [0.05, 0.1) is 0 Å². The van der Waals surface area contributed by atoms with Crippen molar-refractivity contribution in [3.63, 3.8) is 0 Å². The van der Waals surface area contributed by atoms with Crippen molar-refractivity contribution >= 4 is 16.8 Å². The molecular weight excluding hydrogens is 339 g/mol. The molecule has 0 radical (unpaired) electrons. The Bertz CT molecular complexity index is 940. The van der Waals surface area contributed by atoms with E-state index in [9.17, 15) is 9.18 Å². The van der Waals surface area contributed by atoms with Crippen LogP contribution in [0.2, 0.25) is 0 Å². The highest BCUT2D eigenvalue weighted by atomic mass is 19.1. The maximum absolute atomic E-state index is 13.9. The lowest BCUT2D eigenvalue weighted by atomic mass is 9.98. The van der Waals surface area contributed by atoms with Crippen LogP contribution in [0.4, 0.5) is 4.39 Å². The Labute approximate surface area is 159 Å². The summed E-state index contributed by atoms with van der Waals surface area (Å²) < 4.78 is 13.9. The Hall–Kier alpha value is -2.62. The van der Waals surface area contributed by atoms with Gasteiger partial charge in [-0.15, -0.1) is 0 Å². The van der Waals surface area contributed by atoms with Crippen LogP contribution in [0.15, 0.2) is 48.5 Å². The number of fused-ring (bicyclic) bond motifs is 1. The summed E-state index contributed by atoms with van der Waals surface area (Å²) in [6, 6.07) is 14.9. The predicted octanol–water partition coefficient (Wildman–Crippen LogP) is 5.17. The summed E-state index contributed by atoms with van der Waals surface area (Å²) >= 11 is 0. The second-order valence-electron chi connectivity index (χ2n) is 7.60. The number of aryl methyl sites for hydroxylation is 1. The highest BCUT2D eigenvalue weighted by Crippen LogP contribution is 2.32. The Morgan fingerprint density at radius 3 is 2.63 bits per heavy atom. The zero-order valence-corrected chi connectivity index (χ0v) is 15.7. The van der Waals surface area contributed by atoms with E-state index in [1.54, 1.807) is 12.1 Å². The molecule has 140 valence electrons. The SMILES string of the molecule is CC1CCN(C(=O)CCc2c(-c3ccccc3)[nH]c3ccc(F)cc23)CC1. The van der Waals surface area contributed by atoms with E-state index in [2.05, 4.69) is 11.9 Å². The van der Waals surface area contributed by atoms with Gasteiger partial charge in [0.25, 0.3) is 0 Å². The molecule has 1 N–H and O–H groups in total. The van der Waals surface area contributed by atoms with E-state index in [4.69, 9.17) is 0 Å². The Kier molecular flexibility index (Phi) is 4.97. The summed E-state index contributed by atoms with van der Waals surface area (Å²) in [5, 5.41) is 0.869. The first-order chi connectivity index (χ1) is 13.1. The summed E-state index contributed by atoms with van der Waals surface area (Å²) in [7, 11) is 0. The molecule has 0 unspecified atom stereocenters. The van der Waals surface area contributed by atoms with Gasteiger partial charge in [-0.2, -0.15) is 0 Å². The topological polar surface area (TPSA) is 36.1 Å². The van der Waals surface area contributed by atoms with Crippen molar-refractivity contribution in [3.8, 4) is 11.3 Å². The lowest BCUT2D eigenvalue weighted by Crippen LogP contribution is -2.38. The highest BCUT2D eigenvalue weighted by molar-refractivity contribution is 5.91. The Morgan fingerprint density at radius 2 is 1.89 bits per heavy atom. The fourth-order valence-electron chi connectivity index (χ4n) is 3.98. The van der Waals surface area contributed by atoms with Gasteiger partial charge in [0, 0.05) is 36.1 Å². The van der Waals surface area contributed by atoms with Gasteiger partial charge in [0.2, 0.25) is 5.91 Å². The van der Waals surface area contributed by atoms with E-state index in [0.717, 1.165) is 53.7 Å². The minimum Gasteiger partial charge on any atom is -0.354 e. The maximum Gasteiger partial charge on any atom is 0.222 e. The number of halogens is 1. The summed E-state index contributed by atoms with van der Waals surface area (Å²) in [5.74, 6) is 0.653. The van der Waals surface area contributed by atoms with Gasteiger partial charge in [0.15, 0.2) is 0 Å². The third kappa shape index (κ3) is 3.75. The van der Waals surface area contributed by atoms with Crippen LogP contribution in [0.1, 0.15) is 31.7 Å². The van der Waals surface area contributed by atoms with Crippen molar-refractivity contribution in [3.05, 3.63) is 59.9 Å². The third-order valence-electron chi connectivity index (χ3n) is 5.66. The minimum atomic E-state index is -0.251. The maximum atomic E-state index is 13.9. The molecule has 4 heteroatoms. The molecule has 0 spiro atoms. The molecule has 1 aromatic heterocycles. The minimum absolute atomic E-state index is 0.201. The Balaban J connectivity index is 1.61. The first kappa shape index (κ1) is 17.8. The second kappa shape index (κ2) is 7.55. The number of hydrogen-bond donors (Lipinski definition) is 1. The highest BCUT2D eigenvalue weighted by Gasteiger charge is 2.21. The first-order valence-corrected chi connectivity index (χ1v) is 9.75. The van der Waals surface area contributed by atoms with Gasteiger partial charge < -0.3 is 9.88 Å². The number of aromatic nitrogens is 1. The summed E-state index contributed by atoms with van der Waals surface area (Å²) in [4.78, 5) is 18.1. The van der Waals surface area contributed by atoms with E-state index in [1.165, 1.54) is 6.07 Å². The molecular formula is C23H25FN2O. The third-order valence-corrected chi connectivity index (χ3v) is 5.66. The monoisotopic (exact) mass is 364 g/mol. The number of benzene rings is 2. The Morgan fingerprint density at radius 1 is 1.15 bits per heavy atom. The van der Waals surface area contributed by atoms with Crippen LogP contribution in [0.25, 0.3) is 22.2 Å². The molecule has 4 rings (SSSR count). The smallest absolute Gasteiger partial charge is 0.222 e. The molecule has 1 saturated heterocycles. The van der Waals surface area contributed by atoms with Crippen LogP contribution < -0.4 is 0 Å². The van der Waals surface area contributed by atoms with Crippen LogP contribution in [0.5, 0.6) is 0 Å². The van der Waals surface area contributed by atoms with E-state index < -0.39 is 0 Å². The molecule has 3 aromatic rings. The second-order valence-corrected chi connectivity index (χ2v) is 7.60. The zero-order valence-electron chi connectivity index (χ0n) is 15.7. The van der Waals surface area contributed by atoms with Gasteiger partial charge in [-0.05, 0) is 54.5 Å². The van der Waals surface area contributed by atoms with Crippen molar-refractivity contribution in [2.75, 3.05) is 13.1 Å². The summed E-state index contributed by atoms with van der Waals surface area (Å²) in [6.07, 6.45) is 3.23. The van der Waals surface area contributed by atoms with Gasteiger partial charge >= 0.3 is 0 Å². The van der Waals surface area contributed by atoms with Crippen LogP contribution in [0.3, 0.4) is 0 Å². The van der Waals surface area contributed by atoms with Crippen LogP contribution in [-0.2, 0) is 11.2 Å². The molecule has 0 saturated carbocycles. The van der Waals surface area contributed by atoms with Crippen molar-refractivity contribution in [2.45, 2.75) is 32.6 Å². The molecule has 1 aliphatic heterocycles. The summed E-state index contributed by atoms with van der Waals surface area (Å²) in [5.41, 5.74) is 3.97. The molecule has 2 heterocycles. The standard InChI is InChI=1S/C23H25FN2O/c1-16-11-13-26(14-12-16)22(27)10-8-19-20-15-18(24)7-9-21(20)25-23(19)17-5-3-2-4-6-17/h2-7,9,15-16,25H,8,10-14H2,1H3. The number of H-pyrrole nitrogens is 1. The number of rotatable bonds is 4. The first-order valence-electron chi connectivity index (χ1n) is 9.75. The number of nitrogens with one attached hydrogen (secondary N) is 1. The number of carbonyl (C=O) groups excluding carboxylic acids is 1. The number of piperidine rings is 1. The molecule has 1 aliphatic rings. The predicted molar refractivity (Wildman–Crippen MR) is 107 cm³/mol. The molecule has 3 nitrogen and oxygen atoms in total. The average Bonchev–Trinajstić information content (AvgIpc) is 3.05. The number of amides is 1. The number of aromatic amines is 1. The largest absolute Gasteiger partial charge is 0.354 e. The van der Waals surface area contributed by atoms with Gasteiger partial charge in [-0.1, -0.05) is 37.3 Å². The quantitative estimate of drug-likeness (QED) is 0.681. The van der Waals surface area contributed by atoms with Gasteiger partial charge in [0.1, 0.15) is 5.82 Å². The fourth-order valence-corrected chi connectivity index (χ4v) is 3.98. The van der Waals surface area contributed by atoms with E-state index in [0.29, 0.717) is 18.8 Å². The van der Waals surface area contributed by atoms with E-state index in [-0.39, 0.29) is 11.7 Å². The van der Waals surface area contributed by atoms with Gasteiger partial charge in [-0.25, -0.2) is 4.39 Å². The number of nitrogens with zero attached hydrogens (tertiary/aromatic N) is 1. The molecule has 0 aliphatic carbocycles. The molecule has 0 bridgehead atoms. The van der Waals surface area contributed by atoms with Crippen LogP contribution in [0, 0.1) is 11.7 Å². The lowest BCUT2D eigenvalue weighted by Gasteiger charge is -2.30. The fraction of sp³-hybridized carbons (Fsp3) is 0.348. The molecule has 27 heavy (non-hydrogen) atoms. The zero-order chi connectivity index (χ0) is 18.8. The normalized spacial score (nSPS) is 15.4. The van der Waals surface area contributed by atoms with Crippen LogP contribution in [-0.4, -0.2) is 28.9 Å². The molecule has 1 amide bonds. The number of carbonyl (C=O) groups is 1. The van der Waals surface area contributed by atoms with Gasteiger partial charge in [-0.3, -0.25) is 4.79 Å².